The van der Waals surface area contributed by atoms with E-state index in [1.165, 1.54) is 0 Å². The van der Waals surface area contributed by atoms with Crippen LogP contribution in [0.5, 0.6) is 0 Å². The van der Waals surface area contributed by atoms with Crippen LogP contribution in [0.3, 0.4) is 0 Å². The van der Waals surface area contributed by atoms with Crippen molar-refractivity contribution in [2.45, 2.75) is 39.0 Å². The highest BCUT2D eigenvalue weighted by Gasteiger charge is 1.80. The maximum absolute atomic E-state index is 8.50. The van der Waals surface area contributed by atoms with Gasteiger partial charge < -0.3 is 5.11 Å². The lowest BCUT2D eigenvalue weighted by Crippen LogP contribution is -1.79. The van der Waals surface area contributed by atoms with E-state index in [-0.39, 0.29) is 0 Å². The second-order valence-electron chi connectivity index (χ2n) is 2.81. The molecule has 12 heavy (non-hydrogen) atoms. The van der Waals surface area contributed by atoms with Crippen molar-refractivity contribution in [2.75, 3.05) is 6.61 Å². The van der Waals surface area contributed by atoms with Crippen molar-refractivity contribution in [3.05, 3.63) is 24.3 Å². The van der Waals surface area contributed by atoms with Gasteiger partial charge in [0.25, 0.3) is 0 Å². The van der Waals surface area contributed by atoms with Crippen LogP contribution in [0.2, 0.25) is 0 Å². The Morgan fingerprint density at radius 3 is 2.42 bits per heavy atom. The van der Waals surface area contributed by atoms with E-state index in [9.17, 15) is 0 Å². The molecule has 0 amide bonds. The molecule has 0 aliphatic rings. The predicted octanol–water partition coefficient (Wildman–Crippen LogP) is 3.06. The highest BCUT2D eigenvalue weighted by atomic mass is 16.2. The van der Waals surface area contributed by atoms with E-state index in [1.807, 2.05) is 0 Å². The summed E-state index contributed by atoms with van der Waals surface area (Å²) in [4.78, 5) is 0. The Bertz CT molecular complexity index is 125. The molecule has 0 aliphatic carbocycles. The van der Waals surface area contributed by atoms with Gasteiger partial charge >= 0.3 is 0 Å². The lowest BCUT2D eigenvalue weighted by molar-refractivity contribution is 0.285. The summed E-state index contributed by atoms with van der Waals surface area (Å²) in [5.74, 6) is 0. The Balaban J connectivity index is 3.08. The van der Waals surface area contributed by atoms with E-state index in [4.69, 9.17) is 5.11 Å². The summed E-state index contributed by atoms with van der Waals surface area (Å²) < 4.78 is 0. The topological polar surface area (TPSA) is 20.2 Å². The molecule has 0 saturated carbocycles. The van der Waals surface area contributed by atoms with Gasteiger partial charge in [-0.15, -0.1) is 0 Å². The largest absolute Gasteiger partial charge is 0.396 e. The molecule has 70 valence electrons. The molecule has 0 aliphatic heterocycles. The number of rotatable bonds is 7. The van der Waals surface area contributed by atoms with Crippen LogP contribution in [0.15, 0.2) is 24.3 Å². The Hall–Kier alpha value is -0.560. The van der Waals surface area contributed by atoms with Crippen LogP contribution in [-0.4, -0.2) is 11.7 Å². The van der Waals surface area contributed by atoms with Gasteiger partial charge in [-0.25, -0.2) is 0 Å². The van der Waals surface area contributed by atoms with Crippen molar-refractivity contribution < 1.29 is 5.11 Å². The Morgan fingerprint density at radius 1 is 1.00 bits per heavy atom. The standard InChI is InChI=1S/C11H20O/c1-2-3-4-5-6-7-8-9-10-11-12/h3-4,6-7,12H,2,5,8-11H2,1H3/b4-3-,7-6-. The first-order valence-corrected chi connectivity index (χ1v) is 4.82. The number of aliphatic hydroxyl groups excluding tert-OH is 1. The third-order valence-corrected chi connectivity index (χ3v) is 1.62. The van der Waals surface area contributed by atoms with Gasteiger partial charge in [0, 0.05) is 6.61 Å². The van der Waals surface area contributed by atoms with E-state index in [2.05, 4.69) is 31.2 Å². The number of hydrogen-bond donors (Lipinski definition) is 1. The predicted molar refractivity (Wildman–Crippen MR) is 54.1 cm³/mol. The molecule has 0 aromatic rings. The maximum atomic E-state index is 8.50. The van der Waals surface area contributed by atoms with Gasteiger partial charge in [0.15, 0.2) is 0 Å². The van der Waals surface area contributed by atoms with Gasteiger partial charge in [-0.2, -0.15) is 0 Å². The second-order valence-corrected chi connectivity index (χ2v) is 2.81. The van der Waals surface area contributed by atoms with Crippen molar-refractivity contribution >= 4 is 0 Å². The normalized spacial score (nSPS) is 11.8. The molecule has 1 nitrogen and oxygen atoms in total. The van der Waals surface area contributed by atoms with Crippen molar-refractivity contribution in [3.63, 3.8) is 0 Å². The van der Waals surface area contributed by atoms with Crippen molar-refractivity contribution in [1.82, 2.24) is 0 Å². The summed E-state index contributed by atoms with van der Waals surface area (Å²) in [7, 11) is 0. The third kappa shape index (κ3) is 9.44. The van der Waals surface area contributed by atoms with E-state index >= 15 is 0 Å². The van der Waals surface area contributed by atoms with Crippen LogP contribution >= 0.6 is 0 Å². The van der Waals surface area contributed by atoms with Gasteiger partial charge in [-0.1, -0.05) is 31.2 Å². The zero-order chi connectivity index (χ0) is 9.07. The first-order valence-electron chi connectivity index (χ1n) is 4.82. The highest BCUT2D eigenvalue weighted by molar-refractivity contribution is 4.92. The smallest absolute Gasteiger partial charge is 0.0431 e. The van der Waals surface area contributed by atoms with Gasteiger partial charge in [0.2, 0.25) is 0 Å². The average Bonchev–Trinajstić information content (AvgIpc) is 2.10. The van der Waals surface area contributed by atoms with Crippen molar-refractivity contribution in [1.29, 1.82) is 0 Å². The van der Waals surface area contributed by atoms with Crippen LogP contribution in [0.1, 0.15) is 39.0 Å². The Labute approximate surface area is 75.8 Å². The van der Waals surface area contributed by atoms with Gasteiger partial charge in [-0.3, -0.25) is 0 Å². The number of unbranched alkanes of at least 4 members (excludes halogenated alkanes) is 2. The van der Waals surface area contributed by atoms with Crippen molar-refractivity contribution in [2.24, 2.45) is 0 Å². The average molecular weight is 168 g/mol. The fourth-order valence-corrected chi connectivity index (χ4v) is 0.930. The molecule has 0 fully saturated rings. The molecule has 0 atom stereocenters. The minimum atomic E-state index is 0.323. The maximum Gasteiger partial charge on any atom is 0.0431 e. The van der Waals surface area contributed by atoms with E-state index < -0.39 is 0 Å². The summed E-state index contributed by atoms with van der Waals surface area (Å²) in [5, 5.41) is 8.50. The van der Waals surface area contributed by atoms with Gasteiger partial charge in [0.1, 0.15) is 0 Å². The fourth-order valence-electron chi connectivity index (χ4n) is 0.930. The van der Waals surface area contributed by atoms with E-state index in [1.54, 1.807) is 0 Å². The highest BCUT2D eigenvalue weighted by Crippen LogP contribution is 1.97. The molecular weight excluding hydrogens is 148 g/mol. The van der Waals surface area contributed by atoms with Crippen LogP contribution in [-0.2, 0) is 0 Å². The Morgan fingerprint density at radius 2 is 1.75 bits per heavy atom. The van der Waals surface area contributed by atoms with E-state index in [0.717, 1.165) is 32.1 Å². The molecule has 0 aromatic carbocycles. The molecule has 0 saturated heterocycles. The number of hydrogen-bond acceptors (Lipinski definition) is 1. The van der Waals surface area contributed by atoms with Crippen LogP contribution in [0.25, 0.3) is 0 Å². The molecule has 1 heteroatoms. The molecule has 0 unspecified atom stereocenters. The van der Waals surface area contributed by atoms with Crippen LogP contribution < -0.4 is 0 Å². The van der Waals surface area contributed by atoms with E-state index in [0.29, 0.717) is 6.61 Å². The summed E-state index contributed by atoms with van der Waals surface area (Å²) in [5.41, 5.74) is 0. The third-order valence-electron chi connectivity index (χ3n) is 1.62. The fraction of sp³-hybridized carbons (Fsp3) is 0.636. The molecule has 0 radical (unpaired) electrons. The number of aliphatic hydroxyl groups is 1. The first-order chi connectivity index (χ1) is 5.91. The zero-order valence-corrected chi connectivity index (χ0v) is 8.00. The molecule has 0 aromatic heterocycles. The molecule has 0 rings (SSSR count). The molecule has 1 N–H and O–H groups in total. The van der Waals surface area contributed by atoms with Crippen LogP contribution in [0, 0.1) is 0 Å². The molecule has 0 heterocycles. The van der Waals surface area contributed by atoms with Crippen LogP contribution in [0.4, 0.5) is 0 Å². The molecule has 0 bridgehead atoms. The summed E-state index contributed by atoms with van der Waals surface area (Å²) in [6, 6.07) is 0. The monoisotopic (exact) mass is 168 g/mol. The first kappa shape index (κ1) is 11.4. The molecule has 0 spiro atoms. The SMILES string of the molecule is CC/C=C\C/C=C\CCCCO. The second kappa shape index (κ2) is 10.4. The lowest BCUT2D eigenvalue weighted by Gasteiger charge is -1.90. The van der Waals surface area contributed by atoms with Gasteiger partial charge in [-0.05, 0) is 32.1 Å². The van der Waals surface area contributed by atoms with Gasteiger partial charge in [0.05, 0.1) is 0 Å². The Kier molecular flexibility index (Phi) is 9.95. The minimum absolute atomic E-state index is 0.323. The minimum Gasteiger partial charge on any atom is -0.396 e. The van der Waals surface area contributed by atoms with Crippen molar-refractivity contribution in [3.8, 4) is 0 Å². The summed E-state index contributed by atoms with van der Waals surface area (Å²) in [6.07, 6.45) is 14.0. The molecular formula is C11H20O. The number of allylic oxidation sites excluding steroid dienone is 4. The summed E-state index contributed by atoms with van der Waals surface area (Å²) >= 11 is 0. The zero-order valence-electron chi connectivity index (χ0n) is 8.00. The quantitative estimate of drug-likeness (QED) is 0.457. The lowest BCUT2D eigenvalue weighted by atomic mass is 10.2. The summed E-state index contributed by atoms with van der Waals surface area (Å²) in [6.45, 7) is 2.46.